The molecule has 0 aliphatic carbocycles. The van der Waals surface area contributed by atoms with Gasteiger partial charge in [0.2, 0.25) is 17.7 Å². The van der Waals surface area contributed by atoms with E-state index in [0.717, 1.165) is 11.1 Å². The van der Waals surface area contributed by atoms with Crippen LogP contribution in [0.4, 0.5) is 0 Å². The smallest absolute Gasteiger partial charge is 0.290 e. The third-order valence-corrected chi connectivity index (χ3v) is 6.88. The molecule has 1 saturated heterocycles. The molecule has 9 nitrogen and oxygen atoms in total. The van der Waals surface area contributed by atoms with E-state index >= 15 is 0 Å². The van der Waals surface area contributed by atoms with Crippen molar-refractivity contribution in [3.8, 4) is 0 Å². The number of likely N-dealkylation sites (N-methyl/N-ethyl adjacent to an activating group) is 1. The van der Waals surface area contributed by atoms with Crippen LogP contribution in [0.15, 0.2) is 91.0 Å². The van der Waals surface area contributed by atoms with E-state index in [-0.39, 0.29) is 30.2 Å². The minimum atomic E-state index is -0.878. The van der Waals surface area contributed by atoms with Gasteiger partial charge >= 0.3 is 0 Å². The number of carboxylic acid groups (broad SMARTS) is 1. The first-order valence-electron chi connectivity index (χ1n) is 13.2. The molecule has 4 N–H and O–H groups in total. The largest absolute Gasteiger partial charge is 0.483 e. The van der Waals surface area contributed by atoms with Gasteiger partial charge in [-0.3, -0.25) is 19.2 Å². The minimum absolute atomic E-state index is 0.203. The van der Waals surface area contributed by atoms with Crippen LogP contribution in [-0.4, -0.2) is 59.9 Å². The fraction of sp³-hybridized carbons (Fsp3) is 0.290. The van der Waals surface area contributed by atoms with Crippen molar-refractivity contribution in [3.63, 3.8) is 0 Å². The van der Waals surface area contributed by atoms with Gasteiger partial charge in [0, 0.05) is 6.54 Å². The molecule has 0 bridgehead atoms. The van der Waals surface area contributed by atoms with E-state index in [1.807, 2.05) is 91.0 Å². The molecular weight excluding hydrogens is 508 g/mol. The number of nitrogens with one attached hydrogen (secondary N) is 3. The Labute approximate surface area is 234 Å². The lowest BCUT2D eigenvalue weighted by Crippen LogP contribution is -2.52. The number of likely N-dealkylation sites (tertiary alicyclic amines) is 1. The van der Waals surface area contributed by atoms with E-state index in [4.69, 9.17) is 9.90 Å². The molecule has 0 aromatic heterocycles. The van der Waals surface area contributed by atoms with Crippen LogP contribution in [0, 0.1) is 0 Å². The van der Waals surface area contributed by atoms with Crippen molar-refractivity contribution in [2.45, 2.75) is 43.9 Å². The Kier molecular flexibility index (Phi) is 11.4. The topological polar surface area (TPSA) is 128 Å². The Morgan fingerprint density at radius 3 is 1.80 bits per heavy atom. The Bertz CT molecular complexity index is 1200. The third kappa shape index (κ3) is 7.77. The summed E-state index contributed by atoms with van der Waals surface area (Å²) in [5.41, 5.74) is 2.61. The van der Waals surface area contributed by atoms with Crippen LogP contribution in [0.2, 0.25) is 0 Å². The summed E-state index contributed by atoms with van der Waals surface area (Å²) in [7, 11) is 1.69. The highest BCUT2D eigenvalue weighted by Gasteiger charge is 2.39. The number of carbonyl (C=O) groups excluding carboxylic acids is 3. The van der Waals surface area contributed by atoms with E-state index in [9.17, 15) is 14.4 Å². The Hall–Kier alpha value is -4.50. The van der Waals surface area contributed by atoms with Crippen LogP contribution in [0.25, 0.3) is 0 Å². The normalized spacial score (nSPS) is 15.8. The molecule has 0 saturated carbocycles. The average Bonchev–Trinajstić information content (AvgIpc) is 3.50. The Balaban J connectivity index is 0.00000141. The van der Waals surface area contributed by atoms with Gasteiger partial charge in [-0.2, -0.15) is 0 Å². The van der Waals surface area contributed by atoms with E-state index in [2.05, 4.69) is 16.0 Å². The standard InChI is InChI=1S/C30H34N4O3.CH2O2/c1-21(31-2)28(35)33-27(24-17-10-5-11-18-24)30(37)34-20-12-19-25(34)29(36)32-26(22-13-6-3-7-14-22)23-15-8-4-9-16-23;2-1-3/h3-11,13-18,21,25-27,31H,12,19-20H2,1-2H3,(H,32,36)(H,33,35);1H,(H,2,3)/t21-,25-,27-;/m0./s1. The van der Waals surface area contributed by atoms with Crippen LogP contribution >= 0.6 is 0 Å². The molecule has 1 fully saturated rings. The number of carbonyl (C=O) groups is 4. The van der Waals surface area contributed by atoms with Gasteiger partial charge < -0.3 is 26.0 Å². The molecule has 0 radical (unpaired) electrons. The van der Waals surface area contributed by atoms with E-state index < -0.39 is 18.1 Å². The third-order valence-electron chi connectivity index (χ3n) is 6.88. The van der Waals surface area contributed by atoms with Gasteiger partial charge in [-0.05, 0) is 43.5 Å². The van der Waals surface area contributed by atoms with Crippen molar-refractivity contribution >= 4 is 24.2 Å². The van der Waals surface area contributed by atoms with Gasteiger partial charge in [0.15, 0.2) is 0 Å². The highest BCUT2D eigenvalue weighted by molar-refractivity contribution is 5.94. The second-order valence-corrected chi connectivity index (χ2v) is 9.42. The zero-order valence-corrected chi connectivity index (χ0v) is 22.7. The summed E-state index contributed by atoms with van der Waals surface area (Å²) < 4.78 is 0. The molecule has 40 heavy (non-hydrogen) atoms. The summed E-state index contributed by atoms with van der Waals surface area (Å²) in [6, 6.07) is 26.5. The fourth-order valence-electron chi connectivity index (χ4n) is 4.69. The number of benzene rings is 3. The maximum absolute atomic E-state index is 13.8. The molecule has 3 atom stereocenters. The van der Waals surface area contributed by atoms with Gasteiger partial charge in [-0.15, -0.1) is 0 Å². The van der Waals surface area contributed by atoms with Gasteiger partial charge in [-0.25, -0.2) is 0 Å². The van der Waals surface area contributed by atoms with Crippen molar-refractivity contribution in [1.29, 1.82) is 0 Å². The summed E-state index contributed by atoms with van der Waals surface area (Å²) in [4.78, 5) is 50.2. The van der Waals surface area contributed by atoms with Crippen molar-refractivity contribution in [2.75, 3.05) is 13.6 Å². The fourth-order valence-corrected chi connectivity index (χ4v) is 4.69. The Morgan fingerprint density at radius 2 is 1.32 bits per heavy atom. The zero-order chi connectivity index (χ0) is 28.9. The molecule has 3 amide bonds. The number of rotatable bonds is 9. The molecule has 210 valence electrons. The number of nitrogens with zero attached hydrogens (tertiary/aromatic N) is 1. The SMILES string of the molecule is CN[C@@H](C)C(=O)N[C@H](C(=O)N1CCC[C@H]1C(=O)NC(c1ccccc1)c1ccccc1)c1ccccc1.O=CO. The second kappa shape index (κ2) is 15.2. The monoisotopic (exact) mass is 544 g/mol. The second-order valence-electron chi connectivity index (χ2n) is 9.42. The van der Waals surface area contributed by atoms with E-state index in [1.165, 1.54) is 0 Å². The first kappa shape index (κ1) is 30.0. The first-order chi connectivity index (χ1) is 19.4. The maximum atomic E-state index is 13.8. The summed E-state index contributed by atoms with van der Waals surface area (Å²) in [5, 5.41) is 15.9. The molecule has 3 aromatic rings. The maximum Gasteiger partial charge on any atom is 0.290 e. The van der Waals surface area contributed by atoms with E-state index in [0.29, 0.717) is 24.9 Å². The molecule has 1 aliphatic rings. The number of amides is 3. The summed E-state index contributed by atoms with van der Waals surface area (Å²) in [6.45, 7) is 1.94. The van der Waals surface area contributed by atoms with Crippen molar-refractivity contribution in [3.05, 3.63) is 108 Å². The quantitative estimate of drug-likeness (QED) is 0.307. The average molecular weight is 545 g/mol. The molecule has 4 rings (SSSR count). The van der Waals surface area contributed by atoms with Crippen molar-refractivity contribution in [1.82, 2.24) is 20.9 Å². The molecule has 1 aliphatic heterocycles. The molecule has 3 aromatic carbocycles. The van der Waals surface area contributed by atoms with Crippen LogP contribution in [0.3, 0.4) is 0 Å². The molecule has 9 heteroatoms. The molecule has 1 heterocycles. The highest BCUT2D eigenvalue weighted by atomic mass is 16.3. The Morgan fingerprint density at radius 1 is 0.850 bits per heavy atom. The summed E-state index contributed by atoms with van der Waals surface area (Å²) >= 11 is 0. The predicted octanol–water partition coefficient (Wildman–Crippen LogP) is 3.05. The molecule has 0 unspecified atom stereocenters. The van der Waals surface area contributed by atoms with E-state index in [1.54, 1.807) is 18.9 Å². The van der Waals surface area contributed by atoms with Crippen molar-refractivity contribution < 1.29 is 24.3 Å². The molecular formula is C31H36N4O5. The highest BCUT2D eigenvalue weighted by Crippen LogP contribution is 2.27. The lowest BCUT2D eigenvalue weighted by Gasteiger charge is -2.31. The van der Waals surface area contributed by atoms with Crippen LogP contribution in [0.5, 0.6) is 0 Å². The lowest BCUT2D eigenvalue weighted by molar-refractivity contribution is -0.142. The van der Waals surface area contributed by atoms with Gasteiger partial charge in [-0.1, -0.05) is 91.0 Å². The van der Waals surface area contributed by atoms with Crippen molar-refractivity contribution in [2.24, 2.45) is 0 Å². The van der Waals surface area contributed by atoms with Crippen LogP contribution < -0.4 is 16.0 Å². The van der Waals surface area contributed by atoms with Gasteiger partial charge in [0.25, 0.3) is 6.47 Å². The number of hydrogen-bond donors (Lipinski definition) is 4. The lowest BCUT2D eigenvalue weighted by atomic mass is 9.98. The summed E-state index contributed by atoms with van der Waals surface area (Å²) in [6.07, 6.45) is 1.28. The molecule has 0 spiro atoms. The van der Waals surface area contributed by atoms with Crippen LogP contribution in [0.1, 0.15) is 48.5 Å². The van der Waals surface area contributed by atoms with Gasteiger partial charge in [0.1, 0.15) is 12.1 Å². The predicted molar refractivity (Wildman–Crippen MR) is 152 cm³/mol. The van der Waals surface area contributed by atoms with Crippen LogP contribution in [-0.2, 0) is 19.2 Å². The van der Waals surface area contributed by atoms with Gasteiger partial charge in [0.05, 0.1) is 12.1 Å². The number of hydrogen-bond acceptors (Lipinski definition) is 5. The first-order valence-corrected chi connectivity index (χ1v) is 13.2. The zero-order valence-electron chi connectivity index (χ0n) is 22.7. The minimum Gasteiger partial charge on any atom is -0.483 e. The summed E-state index contributed by atoms with van der Waals surface area (Å²) in [5.74, 6) is -0.764.